The van der Waals surface area contributed by atoms with Gasteiger partial charge in [0.1, 0.15) is 5.75 Å². The Bertz CT molecular complexity index is 353. The molecule has 2 rings (SSSR count). The van der Waals surface area contributed by atoms with Crippen LogP contribution in [0, 0.1) is 10.1 Å². The minimum Gasteiger partial charge on any atom is -0.483 e. The number of hydrogen-bond donors (Lipinski definition) is 0. The highest BCUT2D eigenvalue weighted by molar-refractivity contribution is 5.21. The molecule has 0 bridgehead atoms. The van der Waals surface area contributed by atoms with Gasteiger partial charge in [-0.15, -0.1) is 0 Å². The second-order valence-electron chi connectivity index (χ2n) is 4.11. The smallest absolute Gasteiger partial charge is 0.249 e. The van der Waals surface area contributed by atoms with Crippen molar-refractivity contribution in [3.63, 3.8) is 0 Å². The van der Waals surface area contributed by atoms with Gasteiger partial charge < -0.3 is 4.74 Å². The molecular weight excluding hydrogens is 206 g/mol. The number of hydrogen-bond acceptors (Lipinski definition) is 3. The van der Waals surface area contributed by atoms with Crippen molar-refractivity contribution in [1.29, 1.82) is 0 Å². The molecule has 0 amide bonds. The van der Waals surface area contributed by atoms with Gasteiger partial charge in [-0.05, 0) is 31.4 Å². The zero-order valence-electron chi connectivity index (χ0n) is 9.04. The van der Waals surface area contributed by atoms with Gasteiger partial charge in [0.25, 0.3) is 0 Å². The predicted octanol–water partition coefficient (Wildman–Crippen LogP) is 2.65. The van der Waals surface area contributed by atoms with Crippen LogP contribution in [0.5, 0.6) is 5.75 Å². The Labute approximate surface area is 94.4 Å². The summed E-state index contributed by atoms with van der Waals surface area (Å²) in [6.07, 6.45) is 3.08. The van der Waals surface area contributed by atoms with Crippen LogP contribution in [0.1, 0.15) is 25.7 Å². The summed E-state index contributed by atoms with van der Waals surface area (Å²) in [5.74, 6) is 0.723. The molecule has 0 heterocycles. The normalized spacial score (nSPS) is 25.0. The molecule has 0 saturated heterocycles. The van der Waals surface area contributed by atoms with E-state index >= 15 is 0 Å². The number of nitrogens with zero attached hydrogens (tertiary/aromatic N) is 1. The molecule has 1 saturated carbocycles. The average molecular weight is 221 g/mol. The van der Waals surface area contributed by atoms with Crippen molar-refractivity contribution in [2.45, 2.75) is 37.8 Å². The summed E-state index contributed by atoms with van der Waals surface area (Å²) in [6.45, 7) is 0. The minimum absolute atomic E-state index is 0.202. The molecule has 4 heteroatoms. The van der Waals surface area contributed by atoms with E-state index in [-0.39, 0.29) is 11.0 Å². The molecule has 1 aromatic rings. The van der Waals surface area contributed by atoms with Gasteiger partial charge in [-0.3, -0.25) is 10.1 Å². The number of nitro groups is 1. The first-order valence-electron chi connectivity index (χ1n) is 5.62. The minimum atomic E-state index is -0.547. The molecule has 1 aromatic carbocycles. The van der Waals surface area contributed by atoms with E-state index in [0.717, 1.165) is 25.0 Å². The SMILES string of the molecule is O=[N+]([O-])C1CCCCC1Oc1ccccc1. The molecular formula is C12H15NO3. The third-order valence-electron chi connectivity index (χ3n) is 2.97. The van der Waals surface area contributed by atoms with E-state index in [0.29, 0.717) is 6.42 Å². The molecule has 0 radical (unpaired) electrons. The number of rotatable bonds is 3. The topological polar surface area (TPSA) is 52.4 Å². The van der Waals surface area contributed by atoms with Crippen LogP contribution in [-0.4, -0.2) is 17.1 Å². The van der Waals surface area contributed by atoms with E-state index < -0.39 is 6.04 Å². The molecule has 16 heavy (non-hydrogen) atoms. The number of benzene rings is 1. The first-order valence-corrected chi connectivity index (χ1v) is 5.62. The summed E-state index contributed by atoms with van der Waals surface area (Å²) in [7, 11) is 0. The molecule has 1 aliphatic rings. The Morgan fingerprint density at radius 3 is 2.56 bits per heavy atom. The fraction of sp³-hybridized carbons (Fsp3) is 0.500. The second kappa shape index (κ2) is 4.96. The van der Waals surface area contributed by atoms with E-state index in [1.54, 1.807) is 0 Å². The highest BCUT2D eigenvalue weighted by Gasteiger charge is 2.35. The standard InChI is InChI=1S/C12H15NO3/c14-13(15)11-8-4-5-9-12(11)16-10-6-2-1-3-7-10/h1-3,6-7,11-12H,4-5,8-9H2. The Morgan fingerprint density at radius 1 is 1.19 bits per heavy atom. The number of para-hydroxylation sites is 1. The molecule has 2 unspecified atom stereocenters. The van der Waals surface area contributed by atoms with Crippen LogP contribution in [0.25, 0.3) is 0 Å². The molecule has 4 nitrogen and oxygen atoms in total. The van der Waals surface area contributed by atoms with Crippen LogP contribution in [0.4, 0.5) is 0 Å². The van der Waals surface area contributed by atoms with Gasteiger partial charge in [0, 0.05) is 11.3 Å². The summed E-state index contributed by atoms with van der Waals surface area (Å²) >= 11 is 0. The van der Waals surface area contributed by atoms with Crippen molar-refractivity contribution in [1.82, 2.24) is 0 Å². The van der Waals surface area contributed by atoms with Gasteiger partial charge in [0.2, 0.25) is 6.04 Å². The van der Waals surface area contributed by atoms with E-state index in [9.17, 15) is 10.1 Å². The third kappa shape index (κ3) is 2.51. The van der Waals surface area contributed by atoms with E-state index in [2.05, 4.69) is 0 Å². The zero-order valence-corrected chi connectivity index (χ0v) is 9.04. The Hall–Kier alpha value is -1.58. The molecule has 1 aliphatic carbocycles. The van der Waals surface area contributed by atoms with Crippen LogP contribution in [0.2, 0.25) is 0 Å². The Kier molecular flexibility index (Phi) is 3.39. The number of ether oxygens (including phenoxy) is 1. The van der Waals surface area contributed by atoms with Crippen LogP contribution in [0.3, 0.4) is 0 Å². The summed E-state index contributed by atoms with van der Waals surface area (Å²) in [5, 5.41) is 10.9. The van der Waals surface area contributed by atoms with Crippen LogP contribution >= 0.6 is 0 Å². The van der Waals surface area contributed by atoms with Gasteiger partial charge >= 0.3 is 0 Å². The van der Waals surface area contributed by atoms with Gasteiger partial charge in [0.05, 0.1) is 0 Å². The monoisotopic (exact) mass is 221 g/mol. The highest BCUT2D eigenvalue weighted by Crippen LogP contribution is 2.25. The van der Waals surface area contributed by atoms with Gasteiger partial charge in [-0.1, -0.05) is 18.2 Å². The van der Waals surface area contributed by atoms with E-state index in [1.807, 2.05) is 30.3 Å². The van der Waals surface area contributed by atoms with Crippen molar-refractivity contribution in [2.24, 2.45) is 0 Å². The largest absolute Gasteiger partial charge is 0.483 e. The quantitative estimate of drug-likeness (QED) is 0.582. The van der Waals surface area contributed by atoms with Gasteiger partial charge in [-0.25, -0.2) is 0 Å². The lowest BCUT2D eigenvalue weighted by Gasteiger charge is -2.26. The first-order chi connectivity index (χ1) is 7.77. The third-order valence-corrected chi connectivity index (χ3v) is 2.97. The van der Waals surface area contributed by atoms with Gasteiger partial charge in [-0.2, -0.15) is 0 Å². The Balaban J connectivity index is 2.04. The maximum Gasteiger partial charge on any atom is 0.249 e. The summed E-state index contributed by atoms with van der Waals surface area (Å²) < 4.78 is 5.69. The summed E-state index contributed by atoms with van der Waals surface area (Å²) in [5.41, 5.74) is 0. The second-order valence-corrected chi connectivity index (χ2v) is 4.11. The fourth-order valence-electron chi connectivity index (χ4n) is 2.13. The van der Waals surface area contributed by atoms with E-state index in [4.69, 9.17) is 4.74 Å². The lowest BCUT2D eigenvalue weighted by molar-refractivity contribution is -0.536. The highest BCUT2D eigenvalue weighted by atomic mass is 16.6. The van der Waals surface area contributed by atoms with Crippen molar-refractivity contribution in [2.75, 3.05) is 0 Å². The zero-order chi connectivity index (χ0) is 11.4. The average Bonchev–Trinajstić information content (AvgIpc) is 2.31. The van der Waals surface area contributed by atoms with Crippen molar-refractivity contribution in [3.05, 3.63) is 40.4 Å². The lowest BCUT2D eigenvalue weighted by atomic mass is 9.93. The molecule has 0 spiro atoms. The lowest BCUT2D eigenvalue weighted by Crippen LogP contribution is -2.40. The molecule has 0 aromatic heterocycles. The first kappa shape index (κ1) is 10.9. The summed E-state index contributed by atoms with van der Waals surface area (Å²) in [6, 6.07) is 8.78. The van der Waals surface area contributed by atoms with Crippen molar-refractivity contribution < 1.29 is 9.66 Å². The summed E-state index contributed by atoms with van der Waals surface area (Å²) in [4.78, 5) is 10.7. The van der Waals surface area contributed by atoms with Crippen LogP contribution < -0.4 is 4.74 Å². The van der Waals surface area contributed by atoms with Crippen molar-refractivity contribution in [3.8, 4) is 5.75 Å². The molecule has 0 N–H and O–H groups in total. The van der Waals surface area contributed by atoms with Crippen molar-refractivity contribution >= 4 is 0 Å². The maximum atomic E-state index is 10.9. The molecule has 2 atom stereocenters. The van der Waals surface area contributed by atoms with Crippen LogP contribution in [0.15, 0.2) is 30.3 Å². The fourth-order valence-corrected chi connectivity index (χ4v) is 2.13. The molecule has 0 aliphatic heterocycles. The van der Waals surface area contributed by atoms with Gasteiger partial charge in [0.15, 0.2) is 6.10 Å². The molecule has 86 valence electrons. The Morgan fingerprint density at radius 2 is 1.88 bits per heavy atom. The predicted molar refractivity (Wildman–Crippen MR) is 60.1 cm³/mol. The molecule has 1 fully saturated rings. The van der Waals surface area contributed by atoms with Crippen LogP contribution in [-0.2, 0) is 0 Å². The van der Waals surface area contributed by atoms with E-state index in [1.165, 1.54) is 0 Å². The maximum absolute atomic E-state index is 10.9.